The Labute approximate surface area is 228 Å². The molecule has 2 aliphatic rings. The number of hydrogen-bond donors (Lipinski definition) is 1. The molecule has 0 saturated carbocycles. The minimum atomic E-state index is 0.109. The first kappa shape index (κ1) is 25.0. The zero-order chi connectivity index (χ0) is 25.7. The minimum Gasteiger partial charge on any atom is -0.492 e. The Morgan fingerprint density at radius 1 is 0.895 bits per heavy atom. The Balaban J connectivity index is 1.15. The number of amides is 1. The predicted molar refractivity (Wildman–Crippen MR) is 154 cm³/mol. The van der Waals surface area contributed by atoms with Crippen molar-refractivity contribution in [2.75, 3.05) is 32.8 Å². The number of likely N-dealkylation sites (tertiary alicyclic amines) is 1. The molecule has 1 unspecified atom stereocenters. The van der Waals surface area contributed by atoms with Crippen molar-refractivity contribution in [3.05, 3.63) is 83.9 Å². The molecule has 6 rings (SSSR count). The van der Waals surface area contributed by atoms with E-state index in [2.05, 4.69) is 70.9 Å². The van der Waals surface area contributed by atoms with Gasteiger partial charge in [-0.2, -0.15) is 0 Å². The first-order chi connectivity index (χ1) is 18.7. The quantitative estimate of drug-likeness (QED) is 0.264. The number of rotatable bonds is 10. The Morgan fingerprint density at radius 3 is 2.39 bits per heavy atom. The standard InChI is InChI=1S/C32H34N2O3S/c35-31-16-11-25(33-31)22-37-27-14-9-24(10-15-27)32-29(28-5-1-2-6-30(28)38-32)21-23-7-12-26(13-8-23)36-20-19-34-17-3-4-18-34/h1-2,5-10,12-15,25H,3-4,11,16-22H2,(H,33,35). The third-order valence-corrected chi connectivity index (χ3v) is 8.79. The monoisotopic (exact) mass is 526 g/mol. The molecule has 3 heterocycles. The number of nitrogens with zero attached hydrogens (tertiary/aromatic N) is 1. The van der Waals surface area contributed by atoms with Crippen molar-refractivity contribution < 1.29 is 14.3 Å². The summed E-state index contributed by atoms with van der Waals surface area (Å²) in [6.45, 7) is 4.67. The highest BCUT2D eigenvalue weighted by atomic mass is 32.1. The molecule has 0 aliphatic carbocycles. The lowest BCUT2D eigenvalue weighted by molar-refractivity contribution is -0.119. The van der Waals surface area contributed by atoms with Crippen molar-refractivity contribution in [1.82, 2.24) is 10.2 Å². The van der Waals surface area contributed by atoms with Gasteiger partial charge in [-0.3, -0.25) is 9.69 Å². The van der Waals surface area contributed by atoms with Crippen molar-refractivity contribution in [3.63, 3.8) is 0 Å². The van der Waals surface area contributed by atoms with Crippen LogP contribution in [0.2, 0.25) is 0 Å². The summed E-state index contributed by atoms with van der Waals surface area (Å²) in [5.41, 5.74) is 3.83. The van der Waals surface area contributed by atoms with E-state index >= 15 is 0 Å². The molecule has 0 bridgehead atoms. The van der Waals surface area contributed by atoms with Crippen molar-refractivity contribution in [2.24, 2.45) is 0 Å². The number of benzene rings is 3. The highest BCUT2D eigenvalue weighted by Crippen LogP contribution is 2.40. The summed E-state index contributed by atoms with van der Waals surface area (Å²) < 4.78 is 13.3. The van der Waals surface area contributed by atoms with Crippen LogP contribution in [-0.4, -0.2) is 49.7 Å². The van der Waals surface area contributed by atoms with Gasteiger partial charge in [0.2, 0.25) is 5.91 Å². The molecule has 1 amide bonds. The summed E-state index contributed by atoms with van der Waals surface area (Å²) in [6, 6.07) is 25.7. The average molecular weight is 527 g/mol. The number of carbonyl (C=O) groups is 1. The van der Waals surface area contributed by atoms with E-state index in [1.54, 1.807) is 0 Å². The number of ether oxygens (including phenoxy) is 2. The molecular weight excluding hydrogens is 492 g/mol. The first-order valence-corrected chi connectivity index (χ1v) is 14.5. The molecule has 3 aromatic carbocycles. The van der Waals surface area contributed by atoms with Gasteiger partial charge in [0.15, 0.2) is 0 Å². The molecule has 196 valence electrons. The van der Waals surface area contributed by atoms with Crippen LogP contribution in [-0.2, 0) is 11.2 Å². The van der Waals surface area contributed by atoms with Gasteiger partial charge in [0, 0.05) is 22.5 Å². The molecule has 0 spiro atoms. The van der Waals surface area contributed by atoms with E-state index in [4.69, 9.17) is 9.47 Å². The Hall–Kier alpha value is -3.35. The molecule has 2 saturated heterocycles. The van der Waals surface area contributed by atoms with Crippen LogP contribution in [0.15, 0.2) is 72.8 Å². The maximum Gasteiger partial charge on any atom is 0.220 e. The normalized spacial score (nSPS) is 17.7. The molecule has 1 N–H and O–H groups in total. The van der Waals surface area contributed by atoms with Crippen LogP contribution in [0.4, 0.5) is 0 Å². The smallest absolute Gasteiger partial charge is 0.220 e. The molecule has 38 heavy (non-hydrogen) atoms. The molecule has 5 nitrogen and oxygen atoms in total. The second-order valence-corrected chi connectivity index (χ2v) is 11.3. The van der Waals surface area contributed by atoms with Crippen LogP contribution in [0.1, 0.15) is 36.8 Å². The van der Waals surface area contributed by atoms with E-state index in [1.165, 1.54) is 57.6 Å². The summed E-state index contributed by atoms with van der Waals surface area (Å²) in [7, 11) is 0. The fourth-order valence-electron chi connectivity index (χ4n) is 5.42. The van der Waals surface area contributed by atoms with E-state index < -0.39 is 0 Å². The number of fused-ring (bicyclic) bond motifs is 1. The number of carbonyl (C=O) groups excluding carboxylic acids is 1. The van der Waals surface area contributed by atoms with E-state index in [9.17, 15) is 4.79 Å². The first-order valence-electron chi connectivity index (χ1n) is 13.7. The van der Waals surface area contributed by atoms with Crippen molar-refractivity contribution in [2.45, 2.75) is 38.1 Å². The number of thiophene rings is 1. The second kappa shape index (κ2) is 11.6. The lowest BCUT2D eigenvalue weighted by Crippen LogP contribution is -2.30. The molecular formula is C32H34N2O3S. The van der Waals surface area contributed by atoms with Crippen molar-refractivity contribution >= 4 is 27.3 Å². The van der Waals surface area contributed by atoms with Crippen LogP contribution in [0.3, 0.4) is 0 Å². The fourth-order valence-corrected chi connectivity index (χ4v) is 6.64. The molecule has 1 aromatic heterocycles. The van der Waals surface area contributed by atoms with Gasteiger partial charge in [0.25, 0.3) is 0 Å². The molecule has 2 fully saturated rings. The van der Waals surface area contributed by atoms with Crippen LogP contribution >= 0.6 is 11.3 Å². The van der Waals surface area contributed by atoms with Gasteiger partial charge in [0.1, 0.15) is 24.7 Å². The largest absolute Gasteiger partial charge is 0.492 e. The molecule has 0 radical (unpaired) electrons. The summed E-state index contributed by atoms with van der Waals surface area (Å²) in [5.74, 6) is 1.89. The van der Waals surface area contributed by atoms with Gasteiger partial charge in [-0.1, -0.05) is 30.3 Å². The molecule has 4 aromatic rings. The van der Waals surface area contributed by atoms with Gasteiger partial charge in [-0.15, -0.1) is 11.3 Å². The number of hydrogen-bond acceptors (Lipinski definition) is 5. The summed E-state index contributed by atoms with van der Waals surface area (Å²) in [6.07, 6.45) is 4.93. The van der Waals surface area contributed by atoms with E-state index in [-0.39, 0.29) is 11.9 Å². The average Bonchev–Trinajstić information content (AvgIpc) is 3.70. The molecule has 2 aliphatic heterocycles. The summed E-state index contributed by atoms with van der Waals surface area (Å²) >= 11 is 1.84. The lowest BCUT2D eigenvalue weighted by Gasteiger charge is -2.15. The SMILES string of the molecule is O=C1CCC(COc2ccc(-c3sc4ccccc4c3Cc3ccc(OCCN4CCCC4)cc3)cc2)N1. The maximum absolute atomic E-state index is 11.4. The van der Waals surface area contributed by atoms with E-state index in [1.807, 2.05) is 23.5 Å². The molecule has 6 heteroatoms. The van der Waals surface area contributed by atoms with Gasteiger partial charge in [0.05, 0.1) is 6.04 Å². The van der Waals surface area contributed by atoms with E-state index in [0.29, 0.717) is 13.0 Å². The van der Waals surface area contributed by atoms with Crippen LogP contribution < -0.4 is 14.8 Å². The topological polar surface area (TPSA) is 50.8 Å². The van der Waals surface area contributed by atoms with Gasteiger partial charge >= 0.3 is 0 Å². The minimum absolute atomic E-state index is 0.109. The molecule has 1 atom stereocenters. The van der Waals surface area contributed by atoms with Gasteiger partial charge in [-0.25, -0.2) is 0 Å². The highest BCUT2D eigenvalue weighted by molar-refractivity contribution is 7.22. The van der Waals surface area contributed by atoms with Crippen LogP contribution in [0, 0.1) is 0 Å². The lowest BCUT2D eigenvalue weighted by atomic mass is 9.99. The fraction of sp³-hybridized carbons (Fsp3) is 0.344. The zero-order valence-electron chi connectivity index (χ0n) is 21.7. The summed E-state index contributed by atoms with van der Waals surface area (Å²) in [4.78, 5) is 15.2. The van der Waals surface area contributed by atoms with E-state index in [0.717, 1.165) is 37.5 Å². The number of nitrogens with one attached hydrogen (secondary N) is 1. The highest BCUT2D eigenvalue weighted by Gasteiger charge is 2.21. The van der Waals surface area contributed by atoms with Crippen LogP contribution in [0.25, 0.3) is 20.5 Å². The Kier molecular flexibility index (Phi) is 7.61. The third kappa shape index (κ3) is 5.87. The van der Waals surface area contributed by atoms with Crippen molar-refractivity contribution in [3.8, 4) is 21.9 Å². The van der Waals surface area contributed by atoms with Gasteiger partial charge < -0.3 is 14.8 Å². The predicted octanol–water partition coefficient (Wildman–Crippen LogP) is 6.29. The van der Waals surface area contributed by atoms with Gasteiger partial charge in [-0.05, 0) is 103 Å². The zero-order valence-corrected chi connectivity index (χ0v) is 22.5. The van der Waals surface area contributed by atoms with Crippen LogP contribution in [0.5, 0.6) is 11.5 Å². The Bertz CT molecular complexity index is 1370. The van der Waals surface area contributed by atoms with Crippen molar-refractivity contribution in [1.29, 1.82) is 0 Å². The Morgan fingerprint density at radius 2 is 1.63 bits per heavy atom. The maximum atomic E-state index is 11.4. The summed E-state index contributed by atoms with van der Waals surface area (Å²) in [5, 5.41) is 4.28. The third-order valence-electron chi connectivity index (χ3n) is 7.53. The second-order valence-electron chi connectivity index (χ2n) is 10.3.